The SMILES string of the molecule is O=C(O)CCC(S)c1nnnn1C1CCCCC1. The van der Waals surface area contributed by atoms with E-state index in [2.05, 4.69) is 28.2 Å². The number of carboxylic acids is 1. The molecule has 2 rings (SSSR count). The summed E-state index contributed by atoms with van der Waals surface area (Å²) in [6.45, 7) is 0. The van der Waals surface area contributed by atoms with Gasteiger partial charge in [-0.3, -0.25) is 4.79 Å². The summed E-state index contributed by atoms with van der Waals surface area (Å²) in [5, 5.41) is 20.2. The number of carboxylic acid groups (broad SMARTS) is 1. The molecular formula is C11H18N4O2S. The Hall–Kier alpha value is -1.11. The first kappa shape index (κ1) is 13.3. The Kier molecular flexibility index (Phi) is 4.57. The second-order valence-corrected chi connectivity index (χ2v) is 5.35. The van der Waals surface area contributed by atoms with Gasteiger partial charge in [0.05, 0.1) is 11.3 Å². The van der Waals surface area contributed by atoms with Crippen molar-refractivity contribution in [3.63, 3.8) is 0 Å². The van der Waals surface area contributed by atoms with Crippen LogP contribution in [0.2, 0.25) is 0 Å². The lowest BCUT2D eigenvalue weighted by molar-refractivity contribution is -0.137. The van der Waals surface area contributed by atoms with Gasteiger partial charge >= 0.3 is 5.97 Å². The summed E-state index contributed by atoms with van der Waals surface area (Å²) >= 11 is 4.42. The van der Waals surface area contributed by atoms with Gasteiger partial charge in [0.1, 0.15) is 0 Å². The normalized spacial score (nSPS) is 18.7. The van der Waals surface area contributed by atoms with Crippen molar-refractivity contribution in [3.8, 4) is 0 Å². The quantitative estimate of drug-likeness (QED) is 0.800. The number of carbonyl (C=O) groups is 1. The standard InChI is InChI=1S/C11H18N4O2S/c16-10(17)7-6-9(18)11-12-13-14-15(11)8-4-2-1-3-5-8/h8-9,18H,1-7H2,(H,16,17). The second kappa shape index (κ2) is 6.17. The Labute approximate surface area is 111 Å². The van der Waals surface area contributed by atoms with Crippen LogP contribution in [0.1, 0.15) is 62.1 Å². The topological polar surface area (TPSA) is 80.9 Å². The van der Waals surface area contributed by atoms with Crippen LogP contribution in [-0.4, -0.2) is 31.3 Å². The van der Waals surface area contributed by atoms with Gasteiger partial charge in [-0.15, -0.1) is 5.10 Å². The van der Waals surface area contributed by atoms with Crippen LogP contribution >= 0.6 is 12.6 Å². The third kappa shape index (κ3) is 3.22. The van der Waals surface area contributed by atoms with Gasteiger partial charge in [0.2, 0.25) is 0 Å². The molecule has 6 nitrogen and oxygen atoms in total. The number of hydrogen-bond donors (Lipinski definition) is 2. The smallest absolute Gasteiger partial charge is 0.303 e. The fourth-order valence-corrected chi connectivity index (χ4v) is 2.69. The molecule has 1 fully saturated rings. The summed E-state index contributed by atoms with van der Waals surface area (Å²) in [6, 6.07) is 0.350. The van der Waals surface area contributed by atoms with Gasteiger partial charge in [0, 0.05) is 6.42 Å². The van der Waals surface area contributed by atoms with Crippen LogP contribution in [0.4, 0.5) is 0 Å². The van der Waals surface area contributed by atoms with E-state index in [0.29, 0.717) is 18.3 Å². The van der Waals surface area contributed by atoms with Gasteiger partial charge in [0.15, 0.2) is 5.82 Å². The van der Waals surface area contributed by atoms with E-state index < -0.39 is 5.97 Å². The van der Waals surface area contributed by atoms with Gasteiger partial charge in [-0.05, 0) is 29.7 Å². The second-order valence-electron chi connectivity index (χ2n) is 4.72. The Balaban J connectivity index is 2.03. The maximum atomic E-state index is 10.6. The number of nitrogens with zero attached hydrogens (tertiary/aromatic N) is 4. The predicted octanol–water partition coefficient (Wildman–Crippen LogP) is 2.01. The maximum absolute atomic E-state index is 10.6. The average Bonchev–Trinajstić information content (AvgIpc) is 2.86. The van der Waals surface area contributed by atoms with E-state index in [0.717, 1.165) is 12.8 Å². The number of hydrogen-bond acceptors (Lipinski definition) is 5. The highest BCUT2D eigenvalue weighted by Crippen LogP contribution is 2.31. The summed E-state index contributed by atoms with van der Waals surface area (Å²) in [5.74, 6) is -0.114. The van der Waals surface area contributed by atoms with Crippen LogP contribution in [0.15, 0.2) is 0 Å². The first-order valence-corrected chi connectivity index (χ1v) is 6.87. The zero-order valence-electron chi connectivity index (χ0n) is 10.2. The van der Waals surface area contributed by atoms with Crippen molar-refractivity contribution in [1.82, 2.24) is 20.2 Å². The first-order valence-electron chi connectivity index (χ1n) is 6.36. The van der Waals surface area contributed by atoms with Gasteiger partial charge in [0.25, 0.3) is 0 Å². The third-order valence-electron chi connectivity index (χ3n) is 3.37. The molecule has 0 aromatic carbocycles. The van der Waals surface area contributed by atoms with Crippen molar-refractivity contribution in [1.29, 1.82) is 0 Å². The highest BCUT2D eigenvalue weighted by Gasteiger charge is 2.23. The molecule has 1 aromatic heterocycles. The Morgan fingerprint density at radius 1 is 1.44 bits per heavy atom. The van der Waals surface area contributed by atoms with Gasteiger partial charge < -0.3 is 5.11 Å². The molecule has 1 unspecified atom stereocenters. The number of tetrazole rings is 1. The molecule has 100 valence electrons. The molecular weight excluding hydrogens is 252 g/mol. The van der Waals surface area contributed by atoms with E-state index in [4.69, 9.17) is 5.11 Å². The summed E-state index contributed by atoms with van der Waals surface area (Å²) in [5.41, 5.74) is 0. The van der Waals surface area contributed by atoms with Crippen LogP contribution in [-0.2, 0) is 4.79 Å². The molecule has 1 heterocycles. The van der Waals surface area contributed by atoms with Crippen molar-refractivity contribution >= 4 is 18.6 Å². The lowest BCUT2D eigenvalue weighted by Gasteiger charge is -2.23. The molecule has 0 radical (unpaired) electrons. The van der Waals surface area contributed by atoms with Crippen LogP contribution in [0, 0.1) is 0 Å². The van der Waals surface area contributed by atoms with Crippen molar-refractivity contribution < 1.29 is 9.90 Å². The minimum Gasteiger partial charge on any atom is -0.481 e. The lowest BCUT2D eigenvalue weighted by atomic mass is 9.95. The molecule has 0 bridgehead atoms. The number of thiol groups is 1. The Morgan fingerprint density at radius 2 is 2.17 bits per heavy atom. The van der Waals surface area contributed by atoms with Gasteiger partial charge in [-0.2, -0.15) is 12.6 Å². The van der Waals surface area contributed by atoms with Crippen LogP contribution in [0.25, 0.3) is 0 Å². The zero-order valence-corrected chi connectivity index (χ0v) is 11.1. The van der Waals surface area contributed by atoms with Crippen molar-refractivity contribution in [2.75, 3.05) is 0 Å². The molecule has 18 heavy (non-hydrogen) atoms. The Morgan fingerprint density at radius 3 is 2.83 bits per heavy atom. The first-order chi connectivity index (χ1) is 8.68. The minimum atomic E-state index is -0.814. The van der Waals surface area contributed by atoms with Crippen molar-refractivity contribution in [3.05, 3.63) is 5.82 Å². The van der Waals surface area contributed by atoms with E-state index >= 15 is 0 Å². The van der Waals surface area contributed by atoms with E-state index in [9.17, 15) is 4.79 Å². The highest BCUT2D eigenvalue weighted by atomic mass is 32.1. The largest absolute Gasteiger partial charge is 0.481 e. The van der Waals surface area contributed by atoms with Crippen LogP contribution < -0.4 is 0 Å². The molecule has 1 N–H and O–H groups in total. The highest BCUT2D eigenvalue weighted by molar-refractivity contribution is 7.80. The molecule has 7 heteroatoms. The lowest BCUT2D eigenvalue weighted by Crippen LogP contribution is -2.18. The Bertz CT molecular complexity index is 404. The number of aliphatic carboxylic acids is 1. The van der Waals surface area contributed by atoms with E-state index in [-0.39, 0.29) is 11.7 Å². The number of rotatable bonds is 5. The van der Waals surface area contributed by atoms with E-state index in [1.54, 1.807) is 0 Å². The summed E-state index contributed by atoms with van der Waals surface area (Å²) in [4.78, 5) is 10.6. The molecule has 0 spiro atoms. The molecule has 1 aliphatic carbocycles. The molecule has 1 atom stereocenters. The molecule has 1 aromatic rings. The fourth-order valence-electron chi connectivity index (χ4n) is 2.39. The fraction of sp³-hybridized carbons (Fsp3) is 0.818. The van der Waals surface area contributed by atoms with Gasteiger partial charge in [-0.25, -0.2) is 4.68 Å². The van der Waals surface area contributed by atoms with Crippen LogP contribution in [0.3, 0.4) is 0 Å². The minimum absolute atomic E-state index is 0.0890. The van der Waals surface area contributed by atoms with Crippen molar-refractivity contribution in [2.24, 2.45) is 0 Å². The molecule has 0 amide bonds. The maximum Gasteiger partial charge on any atom is 0.303 e. The third-order valence-corrected chi connectivity index (χ3v) is 3.86. The van der Waals surface area contributed by atoms with Crippen LogP contribution in [0.5, 0.6) is 0 Å². The average molecular weight is 270 g/mol. The predicted molar refractivity (Wildman–Crippen MR) is 68.5 cm³/mol. The van der Waals surface area contributed by atoms with E-state index in [1.165, 1.54) is 19.3 Å². The van der Waals surface area contributed by atoms with Crippen molar-refractivity contribution in [2.45, 2.75) is 56.2 Å². The number of aromatic nitrogens is 4. The zero-order chi connectivity index (χ0) is 13.0. The monoisotopic (exact) mass is 270 g/mol. The van der Waals surface area contributed by atoms with E-state index in [1.807, 2.05) is 4.68 Å². The summed E-state index contributed by atoms with van der Waals surface area (Å²) in [6.07, 6.45) is 6.41. The summed E-state index contributed by atoms with van der Waals surface area (Å²) in [7, 11) is 0. The molecule has 1 saturated carbocycles. The van der Waals surface area contributed by atoms with Gasteiger partial charge in [-0.1, -0.05) is 19.3 Å². The molecule has 1 aliphatic rings. The molecule has 0 aliphatic heterocycles. The summed E-state index contributed by atoms with van der Waals surface area (Å²) < 4.78 is 1.85. The molecule has 0 saturated heterocycles.